The zero-order chi connectivity index (χ0) is 19.7. The summed E-state index contributed by atoms with van der Waals surface area (Å²) in [6.45, 7) is 0.0473. The number of carbonyl (C=O) groups is 1. The Bertz CT molecular complexity index is 1190. The second-order valence-corrected chi connectivity index (χ2v) is 8.55. The second kappa shape index (κ2) is 8.10. The molecule has 2 heterocycles. The summed E-state index contributed by atoms with van der Waals surface area (Å²) in [4.78, 5) is 18.4. The summed E-state index contributed by atoms with van der Waals surface area (Å²) in [6, 6.07) is 17.9. The number of nitrogens with zero attached hydrogens (tertiary/aromatic N) is 1. The summed E-state index contributed by atoms with van der Waals surface area (Å²) >= 11 is 19.5. The number of pyridine rings is 1. The molecule has 0 spiro atoms. The Balaban J connectivity index is 1.69. The first-order valence-electron chi connectivity index (χ1n) is 8.28. The maximum atomic E-state index is 12.9. The minimum Gasteiger partial charge on any atom is -0.457 e. The quantitative estimate of drug-likeness (QED) is 0.308. The first-order chi connectivity index (χ1) is 13.5. The number of carbonyl (C=O) groups excluding carboxylic acids is 1. The maximum absolute atomic E-state index is 12.9. The van der Waals surface area contributed by atoms with E-state index in [0.717, 1.165) is 10.3 Å². The molecule has 0 atom stereocenters. The third-order valence-electron chi connectivity index (χ3n) is 4.14. The van der Waals surface area contributed by atoms with E-state index in [9.17, 15) is 4.79 Å². The Kier molecular flexibility index (Phi) is 5.56. The monoisotopic (exact) mass is 447 g/mol. The van der Waals surface area contributed by atoms with E-state index in [0.29, 0.717) is 36.7 Å². The Morgan fingerprint density at radius 1 is 1.00 bits per heavy atom. The average Bonchev–Trinajstić information content (AvgIpc) is 3.12. The SMILES string of the molecule is O=C(OCc1ccc(Cl)cc1Cl)c1cc(-c2ccc(Cl)s2)nc2ccccc12. The van der Waals surface area contributed by atoms with Crippen LogP contribution in [0.15, 0.2) is 60.7 Å². The van der Waals surface area contributed by atoms with E-state index in [-0.39, 0.29) is 6.61 Å². The summed E-state index contributed by atoms with van der Waals surface area (Å²) in [6.07, 6.45) is 0. The molecule has 2 aromatic carbocycles. The molecule has 0 fully saturated rings. The van der Waals surface area contributed by atoms with Crippen molar-refractivity contribution in [3.05, 3.63) is 86.2 Å². The minimum atomic E-state index is -0.450. The number of esters is 1. The molecule has 4 rings (SSSR count). The predicted octanol–water partition coefficient (Wildman–Crippen LogP) is 7.28. The Labute approximate surface area is 180 Å². The number of ether oxygens (including phenoxy) is 1. The van der Waals surface area contributed by atoms with Gasteiger partial charge in [-0.05, 0) is 36.4 Å². The van der Waals surface area contributed by atoms with Crippen molar-refractivity contribution >= 4 is 63.0 Å². The number of para-hydroxylation sites is 1. The molecule has 0 bridgehead atoms. The zero-order valence-electron chi connectivity index (χ0n) is 14.3. The summed E-state index contributed by atoms with van der Waals surface area (Å²) in [7, 11) is 0. The van der Waals surface area contributed by atoms with Crippen LogP contribution in [0.2, 0.25) is 14.4 Å². The standard InChI is InChI=1S/C21H12Cl3NO2S/c22-13-6-5-12(16(23)9-13)11-27-21(26)15-10-18(19-7-8-20(24)28-19)25-17-4-2-1-3-14(15)17/h1-10H,11H2. The molecule has 0 aliphatic rings. The van der Waals surface area contributed by atoms with E-state index in [1.807, 2.05) is 30.3 Å². The molecule has 0 aliphatic carbocycles. The number of aromatic nitrogens is 1. The molecule has 0 N–H and O–H groups in total. The van der Waals surface area contributed by atoms with E-state index in [4.69, 9.17) is 39.5 Å². The minimum absolute atomic E-state index is 0.0473. The lowest BCUT2D eigenvalue weighted by molar-refractivity contribution is 0.0475. The largest absolute Gasteiger partial charge is 0.457 e. The molecule has 2 aromatic heterocycles. The molecule has 4 aromatic rings. The first kappa shape index (κ1) is 19.2. The van der Waals surface area contributed by atoms with E-state index in [1.54, 1.807) is 30.3 Å². The number of thiophene rings is 1. The van der Waals surface area contributed by atoms with Crippen LogP contribution >= 0.6 is 46.1 Å². The lowest BCUT2D eigenvalue weighted by atomic mass is 10.1. The normalized spacial score (nSPS) is 11.0. The molecule has 0 amide bonds. The predicted molar refractivity (Wildman–Crippen MR) is 116 cm³/mol. The van der Waals surface area contributed by atoms with Gasteiger partial charge in [0.05, 0.1) is 26.0 Å². The van der Waals surface area contributed by atoms with Crippen LogP contribution in [0.4, 0.5) is 0 Å². The van der Waals surface area contributed by atoms with Crippen LogP contribution in [-0.4, -0.2) is 11.0 Å². The van der Waals surface area contributed by atoms with Crippen LogP contribution in [-0.2, 0) is 11.3 Å². The molecule has 140 valence electrons. The smallest absolute Gasteiger partial charge is 0.339 e. The Hall–Kier alpha value is -2.11. The van der Waals surface area contributed by atoms with Crippen LogP contribution in [0.25, 0.3) is 21.5 Å². The number of fused-ring (bicyclic) bond motifs is 1. The van der Waals surface area contributed by atoms with Crippen LogP contribution in [0.3, 0.4) is 0 Å². The van der Waals surface area contributed by atoms with E-state index >= 15 is 0 Å². The van der Waals surface area contributed by atoms with Crippen LogP contribution in [0.1, 0.15) is 15.9 Å². The third kappa shape index (κ3) is 4.01. The van der Waals surface area contributed by atoms with Crippen LogP contribution in [0.5, 0.6) is 0 Å². The molecule has 3 nitrogen and oxygen atoms in total. The van der Waals surface area contributed by atoms with Crippen molar-refractivity contribution in [3.63, 3.8) is 0 Å². The first-order valence-corrected chi connectivity index (χ1v) is 10.2. The van der Waals surface area contributed by atoms with Gasteiger partial charge in [-0.2, -0.15) is 0 Å². The molecule has 0 unspecified atom stereocenters. The molecular weight excluding hydrogens is 437 g/mol. The van der Waals surface area contributed by atoms with Gasteiger partial charge in [0.25, 0.3) is 0 Å². The molecule has 28 heavy (non-hydrogen) atoms. The summed E-state index contributed by atoms with van der Waals surface area (Å²) in [5, 5.41) is 1.70. The van der Waals surface area contributed by atoms with Gasteiger partial charge < -0.3 is 4.74 Å². The second-order valence-electron chi connectivity index (χ2n) is 5.99. The fourth-order valence-electron chi connectivity index (χ4n) is 2.78. The number of hydrogen-bond acceptors (Lipinski definition) is 4. The molecule has 7 heteroatoms. The number of benzene rings is 2. The molecule has 0 saturated heterocycles. The number of hydrogen-bond donors (Lipinski definition) is 0. The number of rotatable bonds is 4. The van der Waals surface area contributed by atoms with Gasteiger partial charge in [-0.25, -0.2) is 9.78 Å². The van der Waals surface area contributed by atoms with E-state index in [1.165, 1.54) is 11.3 Å². The number of halogens is 3. The van der Waals surface area contributed by atoms with Gasteiger partial charge in [0.1, 0.15) is 6.61 Å². The average molecular weight is 449 g/mol. The van der Waals surface area contributed by atoms with Gasteiger partial charge in [-0.15, -0.1) is 11.3 Å². The van der Waals surface area contributed by atoms with Gasteiger partial charge in [-0.3, -0.25) is 0 Å². The summed E-state index contributed by atoms with van der Waals surface area (Å²) in [5.41, 5.74) is 2.51. The van der Waals surface area contributed by atoms with E-state index < -0.39 is 5.97 Å². The fourth-order valence-corrected chi connectivity index (χ4v) is 4.25. The van der Waals surface area contributed by atoms with Crippen molar-refractivity contribution in [3.8, 4) is 10.6 Å². The fraction of sp³-hybridized carbons (Fsp3) is 0.0476. The zero-order valence-corrected chi connectivity index (χ0v) is 17.4. The van der Waals surface area contributed by atoms with Crippen LogP contribution in [0, 0.1) is 0 Å². The highest BCUT2D eigenvalue weighted by Gasteiger charge is 2.16. The lowest BCUT2D eigenvalue weighted by Gasteiger charge is -2.10. The van der Waals surface area contributed by atoms with Crippen molar-refractivity contribution in [1.82, 2.24) is 4.98 Å². The van der Waals surface area contributed by atoms with Crippen molar-refractivity contribution < 1.29 is 9.53 Å². The summed E-state index contributed by atoms with van der Waals surface area (Å²) < 4.78 is 6.18. The van der Waals surface area contributed by atoms with E-state index in [2.05, 4.69) is 4.98 Å². The van der Waals surface area contributed by atoms with Crippen molar-refractivity contribution in [2.45, 2.75) is 6.61 Å². The maximum Gasteiger partial charge on any atom is 0.339 e. The lowest BCUT2D eigenvalue weighted by Crippen LogP contribution is -2.07. The van der Waals surface area contributed by atoms with Crippen LogP contribution < -0.4 is 0 Å². The van der Waals surface area contributed by atoms with Gasteiger partial charge in [0.15, 0.2) is 0 Å². The highest BCUT2D eigenvalue weighted by molar-refractivity contribution is 7.19. The highest BCUT2D eigenvalue weighted by atomic mass is 35.5. The van der Waals surface area contributed by atoms with Gasteiger partial charge >= 0.3 is 5.97 Å². The molecular formula is C21H12Cl3NO2S. The van der Waals surface area contributed by atoms with Crippen molar-refractivity contribution in [2.24, 2.45) is 0 Å². The highest BCUT2D eigenvalue weighted by Crippen LogP contribution is 2.32. The van der Waals surface area contributed by atoms with Gasteiger partial charge in [-0.1, -0.05) is 59.1 Å². The Morgan fingerprint density at radius 2 is 1.82 bits per heavy atom. The summed E-state index contributed by atoms with van der Waals surface area (Å²) in [5.74, 6) is -0.450. The van der Waals surface area contributed by atoms with Gasteiger partial charge in [0, 0.05) is 21.0 Å². The van der Waals surface area contributed by atoms with Crippen molar-refractivity contribution in [2.75, 3.05) is 0 Å². The molecule has 0 aliphatic heterocycles. The molecule has 0 saturated carbocycles. The third-order valence-corrected chi connectivity index (χ3v) is 5.98. The topological polar surface area (TPSA) is 39.2 Å². The Morgan fingerprint density at radius 3 is 2.57 bits per heavy atom. The van der Waals surface area contributed by atoms with Crippen molar-refractivity contribution in [1.29, 1.82) is 0 Å². The molecule has 0 radical (unpaired) electrons. The van der Waals surface area contributed by atoms with Gasteiger partial charge in [0.2, 0.25) is 0 Å².